The molecule has 1 aliphatic rings. The first-order valence-electron chi connectivity index (χ1n) is 7.80. The van der Waals surface area contributed by atoms with E-state index in [9.17, 15) is 5.11 Å². The van der Waals surface area contributed by atoms with Gasteiger partial charge in [0.1, 0.15) is 5.75 Å². The molecule has 0 amide bonds. The Morgan fingerprint density at radius 1 is 1.09 bits per heavy atom. The molecule has 3 rings (SSSR count). The summed E-state index contributed by atoms with van der Waals surface area (Å²) in [6.07, 6.45) is 3.03. The summed E-state index contributed by atoms with van der Waals surface area (Å²) < 4.78 is 0. The molecule has 0 heterocycles. The molecular formula is C19H23NOS2. The third-order valence-electron chi connectivity index (χ3n) is 4.79. The lowest BCUT2D eigenvalue weighted by Gasteiger charge is -2.43. The maximum atomic E-state index is 9.81. The third kappa shape index (κ3) is 3.25. The summed E-state index contributed by atoms with van der Waals surface area (Å²) in [7, 11) is 0. The third-order valence-corrected chi connectivity index (χ3v) is 6.84. The maximum absolute atomic E-state index is 9.81. The van der Waals surface area contributed by atoms with Crippen LogP contribution in [0, 0.1) is 0 Å². The van der Waals surface area contributed by atoms with Crippen molar-refractivity contribution >= 4 is 23.5 Å². The number of nitrogens with two attached hydrogens (primary N) is 1. The number of hydrogen-bond acceptors (Lipinski definition) is 4. The van der Waals surface area contributed by atoms with Crippen molar-refractivity contribution in [2.75, 3.05) is 6.26 Å². The molecule has 0 radical (unpaired) electrons. The molecule has 0 bridgehead atoms. The standard InChI is InChI=1S/C19H23NOS2/c1-19(2)16-11-13(21)5-4-12(16)10-17(18(19)20)23-15-8-6-14(22-3)7-9-15/h4-9,11,17-18,21H,10,20H2,1-3H3/t17-,18+/m1/s1. The van der Waals surface area contributed by atoms with Crippen molar-refractivity contribution in [3.8, 4) is 5.75 Å². The van der Waals surface area contributed by atoms with Gasteiger partial charge in [-0.1, -0.05) is 19.9 Å². The molecule has 2 nitrogen and oxygen atoms in total. The SMILES string of the molecule is CSc1ccc(S[C@@H]2Cc3ccc(O)cc3C(C)(C)[C@H]2N)cc1. The lowest BCUT2D eigenvalue weighted by atomic mass is 9.69. The summed E-state index contributed by atoms with van der Waals surface area (Å²) in [6, 6.07) is 14.4. The van der Waals surface area contributed by atoms with Crippen LogP contribution in [0.25, 0.3) is 0 Å². The fraction of sp³-hybridized carbons (Fsp3) is 0.368. The van der Waals surface area contributed by atoms with E-state index in [1.807, 2.05) is 23.9 Å². The summed E-state index contributed by atoms with van der Waals surface area (Å²) in [4.78, 5) is 2.55. The van der Waals surface area contributed by atoms with E-state index < -0.39 is 0 Å². The lowest BCUT2D eigenvalue weighted by Crippen LogP contribution is -2.52. The minimum Gasteiger partial charge on any atom is -0.508 e. The van der Waals surface area contributed by atoms with Gasteiger partial charge >= 0.3 is 0 Å². The van der Waals surface area contributed by atoms with Crippen LogP contribution in [0.2, 0.25) is 0 Å². The summed E-state index contributed by atoms with van der Waals surface area (Å²) in [5, 5.41) is 10.1. The van der Waals surface area contributed by atoms with Gasteiger partial charge in [-0.15, -0.1) is 23.5 Å². The van der Waals surface area contributed by atoms with Crippen molar-refractivity contribution in [3.05, 3.63) is 53.6 Å². The van der Waals surface area contributed by atoms with Gasteiger partial charge in [-0.05, 0) is 60.2 Å². The second-order valence-electron chi connectivity index (χ2n) is 6.62. The predicted octanol–water partition coefficient (Wildman–Crippen LogP) is 4.44. The summed E-state index contributed by atoms with van der Waals surface area (Å²) in [6.45, 7) is 4.36. The molecule has 0 saturated carbocycles. The minimum absolute atomic E-state index is 0.0435. The van der Waals surface area contributed by atoms with Gasteiger partial charge in [0, 0.05) is 26.5 Å². The van der Waals surface area contributed by atoms with E-state index >= 15 is 0 Å². The van der Waals surface area contributed by atoms with E-state index in [-0.39, 0.29) is 11.5 Å². The molecule has 122 valence electrons. The molecule has 0 spiro atoms. The second-order valence-corrected chi connectivity index (χ2v) is 8.82. The Morgan fingerprint density at radius 2 is 1.74 bits per heavy atom. The number of benzene rings is 2. The normalized spacial score (nSPS) is 22.6. The van der Waals surface area contributed by atoms with E-state index in [0.717, 1.165) is 6.42 Å². The van der Waals surface area contributed by atoms with Crippen LogP contribution < -0.4 is 5.73 Å². The molecule has 2 atom stereocenters. The maximum Gasteiger partial charge on any atom is 0.115 e. The van der Waals surface area contributed by atoms with Crippen molar-refractivity contribution in [1.29, 1.82) is 0 Å². The van der Waals surface area contributed by atoms with Crippen molar-refractivity contribution in [2.24, 2.45) is 5.73 Å². The molecule has 0 unspecified atom stereocenters. The number of thioether (sulfide) groups is 2. The van der Waals surface area contributed by atoms with Crippen LogP contribution >= 0.6 is 23.5 Å². The van der Waals surface area contributed by atoms with E-state index in [0.29, 0.717) is 11.0 Å². The average Bonchev–Trinajstić information content (AvgIpc) is 2.54. The van der Waals surface area contributed by atoms with Gasteiger partial charge < -0.3 is 10.8 Å². The smallest absolute Gasteiger partial charge is 0.115 e. The summed E-state index contributed by atoms with van der Waals surface area (Å²) >= 11 is 3.62. The number of fused-ring (bicyclic) bond motifs is 1. The number of hydrogen-bond donors (Lipinski definition) is 2. The van der Waals surface area contributed by atoms with Crippen LogP contribution in [0.15, 0.2) is 52.3 Å². The largest absolute Gasteiger partial charge is 0.508 e. The zero-order chi connectivity index (χ0) is 16.6. The molecular weight excluding hydrogens is 322 g/mol. The summed E-state index contributed by atoms with van der Waals surface area (Å²) in [5.41, 5.74) is 8.95. The molecule has 0 aromatic heterocycles. The minimum atomic E-state index is -0.150. The Bertz CT molecular complexity index is 697. The first-order chi connectivity index (χ1) is 10.9. The second kappa shape index (κ2) is 6.42. The van der Waals surface area contributed by atoms with Gasteiger partial charge in [0.05, 0.1) is 0 Å². The number of aromatic hydroxyl groups is 1. The molecule has 1 aliphatic carbocycles. The quantitative estimate of drug-likeness (QED) is 0.808. The van der Waals surface area contributed by atoms with E-state index in [1.165, 1.54) is 20.9 Å². The van der Waals surface area contributed by atoms with Crippen LogP contribution in [0.4, 0.5) is 0 Å². The number of rotatable bonds is 3. The summed E-state index contributed by atoms with van der Waals surface area (Å²) in [5.74, 6) is 0.322. The first-order valence-corrected chi connectivity index (χ1v) is 9.91. The number of phenols is 1. The van der Waals surface area contributed by atoms with Gasteiger partial charge in [0.15, 0.2) is 0 Å². The predicted molar refractivity (Wildman–Crippen MR) is 101 cm³/mol. The van der Waals surface area contributed by atoms with Crippen LogP contribution in [0.5, 0.6) is 5.75 Å². The molecule has 0 aliphatic heterocycles. The molecule has 0 saturated heterocycles. The van der Waals surface area contributed by atoms with Crippen LogP contribution in [-0.2, 0) is 11.8 Å². The van der Waals surface area contributed by atoms with Gasteiger partial charge in [0.2, 0.25) is 0 Å². The Hall–Kier alpha value is -1.10. The fourth-order valence-electron chi connectivity index (χ4n) is 3.27. The highest BCUT2D eigenvalue weighted by Gasteiger charge is 2.40. The molecule has 0 fully saturated rings. The Kier molecular flexibility index (Phi) is 4.68. The van der Waals surface area contributed by atoms with Crippen molar-refractivity contribution < 1.29 is 5.11 Å². The van der Waals surface area contributed by atoms with Crippen molar-refractivity contribution in [3.63, 3.8) is 0 Å². The topological polar surface area (TPSA) is 46.2 Å². The molecule has 2 aromatic carbocycles. The van der Waals surface area contributed by atoms with Gasteiger partial charge in [-0.2, -0.15) is 0 Å². The van der Waals surface area contributed by atoms with Crippen LogP contribution in [-0.4, -0.2) is 22.7 Å². The van der Waals surface area contributed by atoms with Crippen LogP contribution in [0.3, 0.4) is 0 Å². The van der Waals surface area contributed by atoms with Gasteiger partial charge in [0.25, 0.3) is 0 Å². The van der Waals surface area contributed by atoms with E-state index in [4.69, 9.17) is 5.73 Å². The molecule has 23 heavy (non-hydrogen) atoms. The van der Waals surface area contributed by atoms with E-state index in [1.54, 1.807) is 17.8 Å². The lowest BCUT2D eigenvalue weighted by molar-refractivity contribution is 0.369. The average molecular weight is 346 g/mol. The van der Waals surface area contributed by atoms with Crippen molar-refractivity contribution in [2.45, 2.75) is 46.8 Å². The zero-order valence-corrected chi connectivity index (χ0v) is 15.4. The van der Waals surface area contributed by atoms with Crippen LogP contribution in [0.1, 0.15) is 25.0 Å². The first kappa shape index (κ1) is 16.7. The Labute approximate surface area is 146 Å². The monoisotopic (exact) mass is 345 g/mol. The highest BCUT2D eigenvalue weighted by atomic mass is 32.2. The highest BCUT2D eigenvalue weighted by molar-refractivity contribution is 8.00. The molecule has 2 aromatic rings. The van der Waals surface area contributed by atoms with Gasteiger partial charge in [-0.3, -0.25) is 0 Å². The van der Waals surface area contributed by atoms with Gasteiger partial charge in [-0.25, -0.2) is 0 Å². The Balaban J connectivity index is 1.87. The van der Waals surface area contributed by atoms with Crippen molar-refractivity contribution in [1.82, 2.24) is 0 Å². The molecule has 4 heteroatoms. The number of phenolic OH excluding ortho intramolecular Hbond substituents is 1. The molecule has 3 N–H and O–H groups in total. The zero-order valence-electron chi connectivity index (χ0n) is 13.7. The fourth-order valence-corrected chi connectivity index (χ4v) is 5.08. The Morgan fingerprint density at radius 3 is 2.39 bits per heavy atom. The highest BCUT2D eigenvalue weighted by Crippen LogP contribution is 2.43. The van der Waals surface area contributed by atoms with E-state index in [2.05, 4.69) is 44.4 Å².